The number of carbonyl (C=O) groups is 3. The molecule has 2 amide bonds. The van der Waals surface area contributed by atoms with Gasteiger partial charge in [-0.2, -0.15) is 0 Å². The van der Waals surface area contributed by atoms with Gasteiger partial charge in [0.1, 0.15) is 0 Å². The quantitative estimate of drug-likeness (QED) is 0.765. The first-order valence-corrected chi connectivity index (χ1v) is 9.83. The van der Waals surface area contributed by atoms with Crippen molar-refractivity contribution in [3.8, 4) is 0 Å². The molecule has 6 nitrogen and oxygen atoms in total. The molecule has 1 aliphatic rings. The Kier molecular flexibility index (Phi) is 6.24. The van der Waals surface area contributed by atoms with Gasteiger partial charge in [0.25, 0.3) is 0 Å². The van der Waals surface area contributed by atoms with Gasteiger partial charge in [-0.15, -0.1) is 11.3 Å². The average molecular weight is 386 g/mol. The lowest BCUT2D eigenvalue weighted by Crippen LogP contribution is -2.36. The van der Waals surface area contributed by atoms with Gasteiger partial charge in [0.2, 0.25) is 11.8 Å². The number of aromatic carboxylic acids is 1. The summed E-state index contributed by atoms with van der Waals surface area (Å²) in [5.41, 5.74) is 2.42. The molecule has 0 saturated heterocycles. The zero-order valence-corrected chi connectivity index (χ0v) is 15.8. The van der Waals surface area contributed by atoms with Crippen LogP contribution in [0.1, 0.15) is 39.2 Å². The van der Waals surface area contributed by atoms with E-state index in [4.69, 9.17) is 5.11 Å². The Labute approximate surface area is 161 Å². The molecule has 2 aromatic rings. The van der Waals surface area contributed by atoms with E-state index in [0.29, 0.717) is 19.5 Å². The normalized spacial score (nSPS) is 13.1. The number of carboxylic acids is 1. The summed E-state index contributed by atoms with van der Waals surface area (Å²) in [4.78, 5) is 38.3. The Bertz CT molecular complexity index is 829. The largest absolute Gasteiger partial charge is 0.478 e. The van der Waals surface area contributed by atoms with Crippen molar-refractivity contribution in [1.82, 2.24) is 10.2 Å². The van der Waals surface area contributed by atoms with Gasteiger partial charge in [-0.05, 0) is 47.5 Å². The molecule has 0 spiro atoms. The van der Waals surface area contributed by atoms with E-state index < -0.39 is 5.97 Å². The lowest BCUT2D eigenvalue weighted by atomic mass is 10.1. The first-order valence-electron chi connectivity index (χ1n) is 8.95. The Balaban J connectivity index is 1.36. The summed E-state index contributed by atoms with van der Waals surface area (Å²) in [6, 6.07) is 8.66. The van der Waals surface area contributed by atoms with Gasteiger partial charge in [-0.25, -0.2) is 4.79 Å². The van der Waals surface area contributed by atoms with Crippen LogP contribution in [0.2, 0.25) is 0 Å². The fourth-order valence-corrected chi connectivity index (χ4v) is 3.98. The Morgan fingerprint density at radius 3 is 2.63 bits per heavy atom. The van der Waals surface area contributed by atoms with Gasteiger partial charge in [0, 0.05) is 37.4 Å². The minimum absolute atomic E-state index is 0.0197. The lowest BCUT2D eigenvalue weighted by molar-refractivity contribution is -0.134. The molecule has 2 N–H and O–H groups in total. The molecule has 1 aliphatic heterocycles. The van der Waals surface area contributed by atoms with Crippen molar-refractivity contribution in [1.29, 1.82) is 0 Å². The summed E-state index contributed by atoms with van der Waals surface area (Å²) in [6.07, 6.45) is 1.92. The van der Waals surface area contributed by atoms with Crippen molar-refractivity contribution < 1.29 is 19.5 Å². The first kappa shape index (κ1) is 19.1. The second kappa shape index (κ2) is 8.81. The third-order valence-electron chi connectivity index (χ3n) is 4.66. The fourth-order valence-electron chi connectivity index (χ4n) is 3.09. The van der Waals surface area contributed by atoms with Crippen LogP contribution in [-0.4, -0.2) is 40.9 Å². The van der Waals surface area contributed by atoms with Crippen molar-refractivity contribution in [3.05, 3.63) is 57.3 Å². The Hall–Kier alpha value is -2.67. The van der Waals surface area contributed by atoms with Gasteiger partial charge < -0.3 is 15.3 Å². The van der Waals surface area contributed by atoms with Gasteiger partial charge in [0.05, 0.1) is 5.56 Å². The van der Waals surface area contributed by atoms with Gasteiger partial charge in [-0.1, -0.05) is 12.1 Å². The molecule has 2 heterocycles. The predicted octanol–water partition coefficient (Wildman–Crippen LogP) is 2.47. The highest BCUT2D eigenvalue weighted by atomic mass is 32.1. The molecule has 1 aromatic heterocycles. The molecular weight excluding hydrogens is 364 g/mol. The maximum Gasteiger partial charge on any atom is 0.335 e. The smallest absolute Gasteiger partial charge is 0.335 e. The number of nitrogens with zero attached hydrogens (tertiary/aromatic N) is 1. The first-order chi connectivity index (χ1) is 13.0. The molecule has 0 fully saturated rings. The number of amides is 2. The number of thiophene rings is 1. The molecule has 0 atom stereocenters. The number of hydrogen-bond acceptors (Lipinski definition) is 4. The van der Waals surface area contributed by atoms with Crippen molar-refractivity contribution >= 4 is 29.1 Å². The molecule has 27 heavy (non-hydrogen) atoms. The number of fused-ring (bicyclic) bond motifs is 1. The highest BCUT2D eigenvalue weighted by Gasteiger charge is 2.21. The molecule has 7 heteroatoms. The fraction of sp³-hybridized carbons (Fsp3) is 0.350. The standard InChI is InChI=1S/C20H22N2O4S/c23-18(21-10-7-14-1-3-15(4-2-14)20(25)26)5-6-19(24)22-11-8-17-16(13-22)9-12-27-17/h1-4,9,12H,5-8,10-11,13H2,(H,21,23)(H,25,26). The van der Waals surface area contributed by atoms with Crippen molar-refractivity contribution in [2.24, 2.45) is 0 Å². The Morgan fingerprint density at radius 2 is 1.89 bits per heavy atom. The third kappa shape index (κ3) is 5.17. The van der Waals surface area contributed by atoms with Crippen LogP contribution in [0, 0.1) is 0 Å². The predicted molar refractivity (Wildman–Crippen MR) is 103 cm³/mol. The minimum atomic E-state index is -0.955. The number of rotatable bonds is 7. The summed E-state index contributed by atoms with van der Waals surface area (Å²) in [6.45, 7) is 1.83. The zero-order chi connectivity index (χ0) is 19.2. The molecule has 0 unspecified atom stereocenters. The monoisotopic (exact) mass is 386 g/mol. The number of carboxylic acid groups (broad SMARTS) is 1. The third-order valence-corrected chi connectivity index (χ3v) is 5.69. The summed E-state index contributed by atoms with van der Waals surface area (Å²) in [5, 5.41) is 13.7. The molecular formula is C20H22N2O4S. The number of hydrogen-bond donors (Lipinski definition) is 2. The van der Waals surface area contributed by atoms with E-state index in [1.165, 1.54) is 10.4 Å². The molecule has 3 rings (SSSR count). The second-order valence-corrected chi connectivity index (χ2v) is 7.54. The molecule has 0 bridgehead atoms. The summed E-state index contributed by atoms with van der Waals surface area (Å²) in [5.74, 6) is -1.08. The van der Waals surface area contributed by atoms with E-state index >= 15 is 0 Å². The maximum atomic E-state index is 12.3. The summed E-state index contributed by atoms with van der Waals surface area (Å²) in [7, 11) is 0. The van der Waals surface area contributed by atoms with Crippen LogP contribution in [0.5, 0.6) is 0 Å². The molecule has 142 valence electrons. The van der Waals surface area contributed by atoms with Crippen LogP contribution in [0.3, 0.4) is 0 Å². The van der Waals surface area contributed by atoms with E-state index in [2.05, 4.69) is 16.8 Å². The zero-order valence-electron chi connectivity index (χ0n) is 14.9. The molecule has 0 aliphatic carbocycles. The highest BCUT2D eigenvalue weighted by molar-refractivity contribution is 7.10. The summed E-state index contributed by atoms with van der Waals surface area (Å²) >= 11 is 1.74. The van der Waals surface area contributed by atoms with Crippen molar-refractivity contribution in [3.63, 3.8) is 0 Å². The van der Waals surface area contributed by atoms with Crippen LogP contribution >= 0.6 is 11.3 Å². The number of nitrogens with one attached hydrogen (secondary N) is 1. The molecule has 0 radical (unpaired) electrons. The van der Waals surface area contributed by atoms with Gasteiger partial charge >= 0.3 is 5.97 Å². The lowest BCUT2D eigenvalue weighted by Gasteiger charge is -2.27. The van der Waals surface area contributed by atoms with E-state index in [-0.39, 0.29) is 30.2 Å². The topological polar surface area (TPSA) is 86.7 Å². The maximum absolute atomic E-state index is 12.3. The Morgan fingerprint density at radius 1 is 1.11 bits per heavy atom. The van der Waals surface area contributed by atoms with Crippen LogP contribution in [-0.2, 0) is 29.0 Å². The van der Waals surface area contributed by atoms with Gasteiger partial charge in [-0.3, -0.25) is 9.59 Å². The van der Waals surface area contributed by atoms with E-state index in [9.17, 15) is 14.4 Å². The minimum Gasteiger partial charge on any atom is -0.478 e. The highest BCUT2D eigenvalue weighted by Crippen LogP contribution is 2.24. The van der Waals surface area contributed by atoms with Crippen LogP contribution in [0.25, 0.3) is 0 Å². The van der Waals surface area contributed by atoms with Gasteiger partial charge in [0.15, 0.2) is 0 Å². The van der Waals surface area contributed by atoms with E-state index in [1.807, 2.05) is 4.90 Å². The SMILES string of the molecule is O=C(CCC(=O)N1CCc2sccc2C1)NCCc1ccc(C(=O)O)cc1. The van der Waals surface area contributed by atoms with E-state index in [0.717, 1.165) is 18.5 Å². The van der Waals surface area contributed by atoms with Crippen LogP contribution < -0.4 is 5.32 Å². The van der Waals surface area contributed by atoms with E-state index in [1.54, 1.807) is 35.6 Å². The summed E-state index contributed by atoms with van der Waals surface area (Å²) < 4.78 is 0. The molecule has 1 aromatic carbocycles. The number of carbonyl (C=O) groups excluding carboxylic acids is 2. The van der Waals surface area contributed by atoms with Crippen LogP contribution in [0.4, 0.5) is 0 Å². The average Bonchev–Trinajstić information content (AvgIpc) is 3.14. The molecule has 0 saturated carbocycles. The van der Waals surface area contributed by atoms with Crippen molar-refractivity contribution in [2.75, 3.05) is 13.1 Å². The second-order valence-electron chi connectivity index (χ2n) is 6.54. The van der Waals surface area contributed by atoms with Crippen LogP contribution in [0.15, 0.2) is 35.7 Å². The number of benzene rings is 1. The van der Waals surface area contributed by atoms with Crippen molar-refractivity contribution in [2.45, 2.75) is 32.2 Å².